The Kier molecular flexibility index (Phi) is 6.64. The minimum atomic E-state index is -0.569. The van der Waals surface area contributed by atoms with E-state index in [1.165, 1.54) is 12.4 Å². The summed E-state index contributed by atoms with van der Waals surface area (Å²) in [6.45, 7) is 4.97. The zero-order chi connectivity index (χ0) is 23.6. The van der Waals surface area contributed by atoms with E-state index in [4.69, 9.17) is 22.1 Å². The van der Waals surface area contributed by atoms with Gasteiger partial charge in [-0.2, -0.15) is 0 Å². The number of rotatable bonds is 9. The summed E-state index contributed by atoms with van der Waals surface area (Å²) in [6.07, 6.45) is 1.41. The average Bonchev–Trinajstić information content (AvgIpc) is 2.78. The highest BCUT2D eigenvalue weighted by Crippen LogP contribution is 2.33. The Labute approximate surface area is 196 Å². The molecule has 1 amide bonds. The molecule has 33 heavy (non-hydrogen) atoms. The van der Waals surface area contributed by atoms with Crippen LogP contribution in [-0.2, 0) is 11.3 Å². The van der Waals surface area contributed by atoms with Crippen LogP contribution >= 0.6 is 11.6 Å². The van der Waals surface area contributed by atoms with Gasteiger partial charge in [-0.05, 0) is 24.7 Å². The number of ether oxygens (including phenoxy) is 1. The summed E-state index contributed by atoms with van der Waals surface area (Å²) < 4.78 is 20.1. The molecule has 1 aromatic heterocycles. The molecular weight excluding hydrogens is 447 g/mol. The standard InChI is InChI=1S/C23H26ClFN6O2/c1-3-31(12-23(22(26)32)10-27-11-23)9-14-7-15-18(8-19(14)33-2)28-13-29-21(15)30-17-6-4-5-16(24)20(17)25/h4-8,13,27H,3,9-12H2,1-2H3,(H2,26,32)(H,28,29,30). The normalized spacial score (nSPS) is 14.8. The monoisotopic (exact) mass is 472 g/mol. The van der Waals surface area contributed by atoms with E-state index in [9.17, 15) is 9.18 Å². The van der Waals surface area contributed by atoms with Crippen LogP contribution in [-0.4, -0.2) is 54.1 Å². The summed E-state index contributed by atoms with van der Waals surface area (Å²) in [7, 11) is 1.60. The Morgan fingerprint density at radius 3 is 2.79 bits per heavy atom. The molecule has 1 aliphatic heterocycles. The van der Waals surface area contributed by atoms with Gasteiger partial charge in [0.1, 0.15) is 17.9 Å². The number of hydrogen-bond donors (Lipinski definition) is 3. The number of fused-ring (bicyclic) bond motifs is 1. The number of methoxy groups -OCH3 is 1. The first-order valence-electron chi connectivity index (χ1n) is 10.6. The molecule has 0 spiro atoms. The van der Waals surface area contributed by atoms with Crippen LogP contribution in [0.1, 0.15) is 12.5 Å². The molecule has 10 heteroatoms. The van der Waals surface area contributed by atoms with E-state index in [0.717, 1.165) is 12.1 Å². The van der Waals surface area contributed by atoms with Gasteiger partial charge in [0.05, 0.1) is 28.8 Å². The predicted octanol–water partition coefficient (Wildman–Crippen LogP) is 3.07. The van der Waals surface area contributed by atoms with Gasteiger partial charge in [0.25, 0.3) is 0 Å². The van der Waals surface area contributed by atoms with Crippen LogP contribution in [0.15, 0.2) is 36.7 Å². The van der Waals surface area contributed by atoms with Gasteiger partial charge in [-0.15, -0.1) is 0 Å². The molecule has 1 fully saturated rings. The van der Waals surface area contributed by atoms with Crippen molar-refractivity contribution in [3.63, 3.8) is 0 Å². The van der Waals surface area contributed by atoms with Crippen LogP contribution in [0.2, 0.25) is 5.02 Å². The van der Waals surface area contributed by atoms with E-state index in [-0.39, 0.29) is 16.6 Å². The van der Waals surface area contributed by atoms with Crippen molar-refractivity contribution < 1.29 is 13.9 Å². The lowest BCUT2D eigenvalue weighted by atomic mass is 9.80. The SMILES string of the molecule is CCN(Cc1cc2c(Nc3cccc(Cl)c3F)ncnc2cc1OC)CC1(C(N)=O)CNC1. The van der Waals surface area contributed by atoms with Crippen LogP contribution in [0, 0.1) is 11.2 Å². The number of primary amides is 1. The summed E-state index contributed by atoms with van der Waals surface area (Å²) in [6, 6.07) is 8.49. The fourth-order valence-electron chi connectivity index (χ4n) is 4.01. The molecule has 0 bridgehead atoms. The van der Waals surface area contributed by atoms with Gasteiger partial charge in [0.2, 0.25) is 5.91 Å². The van der Waals surface area contributed by atoms with E-state index in [1.807, 2.05) is 19.1 Å². The summed E-state index contributed by atoms with van der Waals surface area (Å²) >= 11 is 5.92. The van der Waals surface area contributed by atoms with Crippen LogP contribution in [0.25, 0.3) is 10.9 Å². The van der Waals surface area contributed by atoms with Crippen LogP contribution in [0.5, 0.6) is 5.75 Å². The number of aromatic nitrogens is 2. The molecule has 2 heterocycles. The number of nitrogens with zero attached hydrogens (tertiary/aromatic N) is 3. The van der Waals surface area contributed by atoms with E-state index < -0.39 is 11.2 Å². The Balaban J connectivity index is 1.68. The quantitative estimate of drug-likeness (QED) is 0.439. The van der Waals surface area contributed by atoms with Crippen molar-refractivity contribution in [1.29, 1.82) is 0 Å². The maximum Gasteiger partial charge on any atom is 0.227 e. The number of nitrogens with one attached hydrogen (secondary N) is 2. The Bertz CT molecular complexity index is 1190. The van der Waals surface area contributed by atoms with Gasteiger partial charge in [-0.25, -0.2) is 14.4 Å². The number of hydrogen-bond acceptors (Lipinski definition) is 7. The molecule has 0 atom stereocenters. The van der Waals surface area contributed by atoms with Gasteiger partial charge in [-0.1, -0.05) is 24.6 Å². The van der Waals surface area contributed by atoms with Crippen molar-refractivity contribution >= 4 is 39.9 Å². The van der Waals surface area contributed by atoms with E-state index in [1.54, 1.807) is 19.2 Å². The topological polar surface area (TPSA) is 105 Å². The molecule has 174 valence electrons. The second-order valence-corrected chi connectivity index (χ2v) is 8.59. The Morgan fingerprint density at radius 2 is 2.15 bits per heavy atom. The summed E-state index contributed by atoms with van der Waals surface area (Å²) in [5, 5.41) is 6.90. The number of nitrogens with two attached hydrogens (primary N) is 1. The number of carbonyl (C=O) groups excluding carboxylic acids is 1. The van der Waals surface area contributed by atoms with Gasteiger partial charge in [-0.3, -0.25) is 9.69 Å². The summed E-state index contributed by atoms with van der Waals surface area (Å²) in [5.74, 6) is 0.264. The van der Waals surface area contributed by atoms with Crippen molar-refractivity contribution in [2.24, 2.45) is 11.1 Å². The van der Waals surface area contributed by atoms with Crippen molar-refractivity contribution in [2.75, 3.05) is 38.6 Å². The average molecular weight is 473 g/mol. The first kappa shape index (κ1) is 23.2. The molecule has 1 aliphatic rings. The molecule has 8 nitrogen and oxygen atoms in total. The van der Waals surface area contributed by atoms with Crippen molar-refractivity contribution in [2.45, 2.75) is 13.5 Å². The first-order valence-corrected chi connectivity index (χ1v) is 11.0. The van der Waals surface area contributed by atoms with Crippen LogP contribution in [0.3, 0.4) is 0 Å². The minimum absolute atomic E-state index is 0.0215. The third-order valence-electron chi connectivity index (χ3n) is 6.06. The lowest BCUT2D eigenvalue weighted by molar-refractivity contribution is -0.132. The lowest BCUT2D eigenvalue weighted by Gasteiger charge is -2.43. The second kappa shape index (κ2) is 9.46. The third-order valence-corrected chi connectivity index (χ3v) is 6.35. The van der Waals surface area contributed by atoms with E-state index in [2.05, 4.69) is 25.5 Å². The Hall–Kier alpha value is -3.01. The number of carbonyl (C=O) groups is 1. The molecule has 0 aliphatic carbocycles. The highest BCUT2D eigenvalue weighted by Gasteiger charge is 2.43. The van der Waals surface area contributed by atoms with Gasteiger partial charge < -0.3 is 21.1 Å². The van der Waals surface area contributed by atoms with Gasteiger partial charge in [0.15, 0.2) is 5.82 Å². The number of benzene rings is 2. The molecule has 1 saturated heterocycles. The highest BCUT2D eigenvalue weighted by atomic mass is 35.5. The second-order valence-electron chi connectivity index (χ2n) is 8.18. The van der Waals surface area contributed by atoms with Gasteiger partial charge in [0, 0.05) is 43.2 Å². The lowest BCUT2D eigenvalue weighted by Crippen LogP contribution is -2.64. The number of anilines is 2. The molecule has 3 aromatic rings. The van der Waals surface area contributed by atoms with Crippen molar-refractivity contribution in [1.82, 2.24) is 20.2 Å². The van der Waals surface area contributed by atoms with Crippen molar-refractivity contribution in [3.8, 4) is 5.75 Å². The fraction of sp³-hybridized carbons (Fsp3) is 0.348. The van der Waals surface area contributed by atoms with E-state index >= 15 is 0 Å². The smallest absolute Gasteiger partial charge is 0.227 e. The summed E-state index contributed by atoms with van der Waals surface area (Å²) in [5.41, 5.74) is 6.87. The maximum atomic E-state index is 14.5. The molecule has 0 radical (unpaired) electrons. The van der Waals surface area contributed by atoms with Crippen molar-refractivity contribution in [3.05, 3.63) is 53.1 Å². The highest BCUT2D eigenvalue weighted by molar-refractivity contribution is 6.31. The predicted molar refractivity (Wildman–Crippen MR) is 126 cm³/mol. The molecule has 2 aromatic carbocycles. The Morgan fingerprint density at radius 1 is 1.36 bits per heavy atom. The van der Waals surface area contributed by atoms with Crippen LogP contribution < -0.4 is 21.1 Å². The fourth-order valence-corrected chi connectivity index (χ4v) is 4.18. The third kappa shape index (κ3) is 4.57. The first-order chi connectivity index (χ1) is 15.9. The maximum absolute atomic E-state index is 14.5. The molecule has 4 rings (SSSR count). The zero-order valence-corrected chi connectivity index (χ0v) is 19.2. The molecule has 4 N–H and O–H groups in total. The van der Waals surface area contributed by atoms with Gasteiger partial charge >= 0.3 is 0 Å². The summed E-state index contributed by atoms with van der Waals surface area (Å²) in [4.78, 5) is 22.9. The van der Waals surface area contributed by atoms with Crippen LogP contribution in [0.4, 0.5) is 15.9 Å². The van der Waals surface area contributed by atoms with E-state index in [0.29, 0.717) is 48.6 Å². The molecule has 0 unspecified atom stereocenters. The largest absolute Gasteiger partial charge is 0.496 e. The number of halogens is 2. The minimum Gasteiger partial charge on any atom is -0.496 e. The zero-order valence-electron chi connectivity index (χ0n) is 18.5. The number of amides is 1. The molecule has 0 saturated carbocycles. The molecular formula is C23H26ClFN6O2.